The van der Waals surface area contributed by atoms with Gasteiger partial charge >= 0.3 is 0 Å². The van der Waals surface area contributed by atoms with Crippen molar-refractivity contribution in [1.29, 1.82) is 0 Å². The van der Waals surface area contributed by atoms with Gasteiger partial charge in [-0.3, -0.25) is 9.59 Å². The maximum absolute atomic E-state index is 15.3. The first-order valence-electron chi connectivity index (χ1n) is 12.5. The van der Waals surface area contributed by atoms with Gasteiger partial charge in [-0.15, -0.1) is 0 Å². The molecule has 0 aliphatic carbocycles. The molecule has 37 heavy (non-hydrogen) atoms. The Morgan fingerprint density at radius 3 is 2.35 bits per heavy atom. The SMILES string of the molecule is O=C(C1CCCN1C(=O)c1ccc(OC(c2ccc(Cl)cc2)c2ccccc2Cl)c(F)c1)N1CCCC1. The Kier molecular flexibility index (Phi) is 7.68. The third kappa shape index (κ3) is 5.46. The highest BCUT2D eigenvalue weighted by Gasteiger charge is 2.37. The van der Waals surface area contributed by atoms with Gasteiger partial charge in [0.15, 0.2) is 17.7 Å². The summed E-state index contributed by atoms with van der Waals surface area (Å²) in [5.74, 6) is -1.03. The summed E-state index contributed by atoms with van der Waals surface area (Å²) < 4.78 is 21.5. The topological polar surface area (TPSA) is 49.9 Å². The summed E-state index contributed by atoms with van der Waals surface area (Å²) in [5, 5.41) is 1.05. The molecule has 0 spiro atoms. The zero-order valence-electron chi connectivity index (χ0n) is 20.2. The van der Waals surface area contributed by atoms with Crippen LogP contribution in [0.1, 0.15) is 53.3 Å². The summed E-state index contributed by atoms with van der Waals surface area (Å²) in [4.78, 5) is 29.7. The predicted octanol–water partition coefficient (Wildman–Crippen LogP) is 6.53. The summed E-state index contributed by atoms with van der Waals surface area (Å²) in [7, 11) is 0. The molecule has 0 aromatic heterocycles. The molecule has 192 valence electrons. The molecule has 3 aromatic carbocycles. The van der Waals surface area contributed by atoms with Gasteiger partial charge in [0, 0.05) is 40.8 Å². The molecular formula is C29H27Cl2FN2O3. The van der Waals surface area contributed by atoms with Crippen molar-refractivity contribution in [3.8, 4) is 5.75 Å². The van der Waals surface area contributed by atoms with Crippen LogP contribution < -0.4 is 4.74 Å². The molecule has 2 heterocycles. The molecule has 2 aliphatic rings. The minimum absolute atomic E-state index is 0.00526. The Balaban J connectivity index is 1.38. The molecule has 0 N–H and O–H groups in total. The first-order chi connectivity index (χ1) is 17.9. The Bertz CT molecular complexity index is 1290. The van der Waals surface area contributed by atoms with Crippen molar-refractivity contribution in [3.63, 3.8) is 0 Å². The van der Waals surface area contributed by atoms with Gasteiger partial charge in [0.2, 0.25) is 5.91 Å². The molecular weight excluding hydrogens is 514 g/mol. The number of hydrogen-bond acceptors (Lipinski definition) is 3. The fourth-order valence-electron chi connectivity index (χ4n) is 5.07. The maximum Gasteiger partial charge on any atom is 0.254 e. The largest absolute Gasteiger partial charge is 0.478 e. The van der Waals surface area contributed by atoms with E-state index in [1.54, 1.807) is 41.3 Å². The number of carbonyl (C=O) groups excluding carboxylic acids is 2. The second kappa shape index (κ2) is 11.1. The van der Waals surface area contributed by atoms with Crippen molar-refractivity contribution in [3.05, 3.63) is 99.3 Å². The Morgan fingerprint density at radius 2 is 1.65 bits per heavy atom. The Morgan fingerprint density at radius 1 is 0.919 bits per heavy atom. The van der Waals surface area contributed by atoms with Gasteiger partial charge in [-0.2, -0.15) is 0 Å². The average Bonchev–Trinajstić information content (AvgIpc) is 3.61. The second-order valence-electron chi connectivity index (χ2n) is 9.41. The number of ether oxygens (including phenoxy) is 1. The quantitative estimate of drug-likeness (QED) is 0.357. The summed E-state index contributed by atoms with van der Waals surface area (Å²) in [5.41, 5.74) is 1.61. The van der Waals surface area contributed by atoms with Gasteiger partial charge in [0.1, 0.15) is 6.04 Å². The van der Waals surface area contributed by atoms with Gasteiger partial charge in [-0.05, 0) is 67.6 Å². The molecule has 0 saturated carbocycles. The number of benzene rings is 3. The highest BCUT2D eigenvalue weighted by molar-refractivity contribution is 6.31. The summed E-state index contributed by atoms with van der Waals surface area (Å²) in [6.07, 6.45) is 2.67. The lowest BCUT2D eigenvalue weighted by molar-refractivity contribution is -0.134. The number of nitrogens with zero attached hydrogens (tertiary/aromatic N) is 2. The number of rotatable bonds is 6. The molecule has 8 heteroatoms. The summed E-state index contributed by atoms with van der Waals surface area (Å²) >= 11 is 12.5. The van der Waals surface area contributed by atoms with Crippen LogP contribution in [0.3, 0.4) is 0 Å². The molecule has 2 aliphatic heterocycles. The Hall–Kier alpha value is -3.09. The van der Waals surface area contributed by atoms with E-state index in [-0.39, 0.29) is 23.1 Å². The van der Waals surface area contributed by atoms with Crippen molar-refractivity contribution >= 4 is 35.0 Å². The number of likely N-dealkylation sites (tertiary alicyclic amines) is 2. The van der Waals surface area contributed by atoms with E-state index in [2.05, 4.69) is 0 Å². The molecule has 2 amide bonds. The zero-order valence-corrected chi connectivity index (χ0v) is 21.7. The van der Waals surface area contributed by atoms with Gasteiger partial charge in [-0.1, -0.05) is 53.5 Å². The fraction of sp³-hybridized carbons (Fsp3) is 0.310. The third-order valence-electron chi connectivity index (χ3n) is 7.00. The average molecular weight is 541 g/mol. The first kappa shape index (κ1) is 25.6. The highest BCUT2D eigenvalue weighted by atomic mass is 35.5. The van der Waals surface area contributed by atoms with Crippen LogP contribution in [0.25, 0.3) is 0 Å². The van der Waals surface area contributed by atoms with Crippen LogP contribution in [0.5, 0.6) is 5.75 Å². The molecule has 0 bridgehead atoms. The molecule has 2 fully saturated rings. The van der Waals surface area contributed by atoms with Gasteiger partial charge in [0.05, 0.1) is 0 Å². The normalized spacial score (nSPS) is 18.2. The van der Waals surface area contributed by atoms with Crippen LogP contribution in [-0.4, -0.2) is 47.3 Å². The van der Waals surface area contributed by atoms with E-state index in [4.69, 9.17) is 27.9 Å². The van der Waals surface area contributed by atoms with Crippen molar-refractivity contribution < 1.29 is 18.7 Å². The monoisotopic (exact) mass is 540 g/mol. The van der Waals surface area contributed by atoms with E-state index in [0.29, 0.717) is 28.6 Å². The van der Waals surface area contributed by atoms with E-state index in [9.17, 15) is 9.59 Å². The van der Waals surface area contributed by atoms with Gasteiger partial charge < -0.3 is 14.5 Å². The molecule has 2 saturated heterocycles. The number of halogens is 3. The van der Waals surface area contributed by atoms with Crippen molar-refractivity contribution in [2.24, 2.45) is 0 Å². The number of amides is 2. The molecule has 5 rings (SSSR count). The smallest absolute Gasteiger partial charge is 0.254 e. The lowest BCUT2D eigenvalue weighted by Gasteiger charge is -2.28. The zero-order chi connectivity index (χ0) is 25.9. The number of carbonyl (C=O) groups is 2. The van der Waals surface area contributed by atoms with Crippen LogP contribution in [-0.2, 0) is 4.79 Å². The standard InChI is InChI=1S/C29H27Cl2FN2O3/c30-21-12-9-19(10-13-21)27(22-6-1-2-7-23(22)31)37-26-14-11-20(18-24(26)32)28(35)34-17-5-8-25(34)29(36)33-15-3-4-16-33/h1-2,6-7,9-14,18,25,27H,3-5,8,15-17H2. The van der Waals surface area contributed by atoms with Gasteiger partial charge in [0.25, 0.3) is 5.91 Å². The molecule has 3 aromatic rings. The number of hydrogen-bond donors (Lipinski definition) is 0. The highest BCUT2D eigenvalue weighted by Crippen LogP contribution is 2.35. The fourth-order valence-corrected chi connectivity index (χ4v) is 5.43. The van der Waals surface area contributed by atoms with Crippen LogP contribution >= 0.6 is 23.2 Å². The first-order valence-corrected chi connectivity index (χ1v) is 13.2. The van der Waals surface area contributed by atoms with Crippen molar-refractivity contribution in [1.82, 2.24) is 9.80 Å². The van der Waals surface area contributed by atoms with Crippen molar-refractivity contribution in [2.45, 2.75) is 37.8 Å². The molecule has 2 atom stereocenters. The maximum atomic E-state index is 15.3. The minimum atomic E-state index is -0.692. The van der Waals surface area contributed by atoms with E-state index in [0.717, 1.165) is 37.9 Å². The van der Waals surface area contributed by atoms with Crippen LogP contribution in [0.2, 0.25) is 10.0 Å². The van der Waals surface area contributed by atoms with Crippen LogP contribution in [0.15, 0.2) is 66.7 Å². The minimum Gasteiger partial charge on any atom is -0.478 e. The van der Waals surface area contributed by atoms with Crippen LogP contribution in [0.4, 0.5) is 4.39 Å². The lowest BCUT2D eigenvalue weighted by atomic mass is 10.0. The molecule has 0 radical (unpaired) electrons. The van der Waals surface area contributed by atoms with E-state index in [1.807, 2.05) is 23.1 Å². The lowest BCUT2D eigenvalue weighted by Crippen LogP contribution is -2.47. The second-order valence-corrected chi connectivity index (χ2v) is 10.2. The van der Waals surface area contributed by atoms with Crippen LogP contribution in [0, 0.1) is 5.82 Å². The van der Waals surface area contributed by atoms with E-state index in [1.165, 1.54) is 12.1 Å². The Labute approximate surface area is 225 Å². The van der Waals surface area contributed by atoms with Gasteiger partial charge in [-0.25, -0.2) is 4.39 Å². The molecule has 2 unspecified atom stereocenters. The third-order valence-corrected chi connectivity index (χ3v) is 7.60. The summed E-state index contributed by atoms with van der Waals surface area (Å²) in [6, 6.07) is 18.0. The van der Waals surface area contributed by atoms with E-state index >= 15 is 4.39 Å². The molecule has 5 nitrogen and oxygen atoms in total. The summed E-state index contributed by atoms with van der Waals surface area (Å²) in [6.45, 7) is 1.95. The van der Waals surface area contributed by atoms with Crippen molar-refractivity contribution in [2.75, 3.05) is 19.6 Å². The van der Waals surface area contributed by atoms with E-state index < -0.39 is 18.0 Å². The predicted molar refractivity (Wildman–Crippen MR) is 142 cm³/mol.